The van der Waals surface area contributed by atoms with Gasteiger partial charge in [-0.1, -0.05) is 0 Å². The number of hydrogen-bond donors (Lipinski definition) is 2. The molecule has 1 rings (SSSR count). The summed E-state index contributed by atoms with van der Waals surface area (Å²) in [7, 11) is 1.92. The highest BCUT2D eigenvalue weighted by Gasteiger charge is 2.14. The molecule has 17 heavy (non-hydrogen) atoms. The van der Waals surface area contributed by atoms with Gasteiger partial charge in [0, 0.05) is 19.3 Å². The number of hydrogen-bond acceptors (Lipinski definition) is 4. The van der Waals surface area contributed by atoms with E-state index in [1.807, 2.05) is 44.9 Å². The second-order valence-corrected chi connectivity index (χ2v) is 5.35. The highest BCUT2D eigenvalue weighted by atomic mass is 16.5. The van der Waals surface area contributed by atoms with Crippen molar-refractivity contribution < 1.29 is 4.74 Å². The monoisotopic (exact) mass is 240 g/mol. The van der Waals surface area contributed by atoms with Crippen molar-refractivity contribution >= 4 is 0 Å². The van der Waals surface area contributed by atoms with E-state index in [0.29, 0.717) is 6.61 Å². The van der Waals surface area contributed by atoms with Crippen LogP contribution in [0.1, 0.15) is 32.8 Å². The molecule has 0 aliphatic heterocycles. The number of nitrogens with zero attached hydrogens (tertiary/aromatic N) is 2. The average Bonchev–Trinajstić information content (AvgIpc) is 2.63. The summed E-state index contributed by atoms with van der Waals surface area (Å²) in [6.45, 7) is 6.76. The zero-order valence-electron chi connectivity index (χ0n) is 11.2. The first-order valence-electron chi connectivity index (χ1n) is 5.98. The number of ether oxygens (including phenoxy) is 1. The van der Waals surface area contributed by atoms with E-state index in [1.165, 1.54) is 5.56 Å². The molecule has 3 N–H and O–H groups in total. The Kier molecular flexibility index (Phi) is 5.11. The maximum Gasteiger partial charge on any atom is 0.0640 e. The van der Waals surface area contributed by atoms with Crippen molar-refractivity contribution in [2.75, 3.05) is 6.61 Å². The second kappa shape index (κ2) is 6.14. The fraction of sp³-hybridized carbons (Fsp3) is 0.750. The quantitative estimate of drug-likeness (QED) is 0.575. The zero-order chi connectivity index (χ0) is 12.9. The average molecular weight is 240 g/mol. The van der Waals surface area contributed by atoms with Gasteiger partial charge in [0.15, 0.2) is 0 Å². The molecule has 0 aliphatic rings. The van der Waals surface area contributed by atoms with E-state index in [-0.39, 0.29) is 11.6 Å². The van der Waals surface area contributed by atoms with E-state index >= 15 is 0 Å². The molecule has 0 saturated heterocycles. The zero-order valence-corrected chi connectivity index (χ0v) is 11.2. The van der Waals surface area contributed by atoms with Crippen LogP contribution >= 0.6 is 0 Å². The normalized spacial score (nSPS) is 13.9. The molecule has 1 heterocycles. The first-order chi connectivity index (χ1) is 7.90. The molecule has 0 radical (unpaired) electrons. The van der Waals surface area contributed by atoms with Crippen molar-refractivity contribution in [2.24, 2.45) is 12.9 Å². The Morgan fingerprint density at radius 2 is 2.24 bits per heavy atom. The van der Waals surface area contributed by atoms with Crippen LogP contribution in [-0.4, -0.2) is 28.0 Å². The van der Waals surface area contributed by atoms with Crippen molar-refractivity contribution in [3.05, 3.63) is 18.0 Å². The molecule has 0 saturated carbocycles. The molecule has 1 aromatic heterocycles. The van der Waals surface area contributed by atoms with Crippen molar-refractivity contribution in [3.8, 4) is 0 Å². The summed E-state index contributed by atoms with van der Waals surface area (Å²) in [6.07, 6.45) is 5.81. The van der Waals surface area contributed by atoms with Crippen LogP contribution < -0.4 is 11.3 Å². The highest BCUT2D eigenvalue weighted by Crippen LogP contribution is 2.09. The topological polar surface area (TPSA) is 65.1 Å². The van der Waals surface area contributed by atoms with Crippen molar-refractivity contribution in [1.82, 2.24) is 15.2 Å². The van der Waals surface area contributed by atoms with Gasteiger partial charge < -0.3 is 4.74 Å². The fourth-order valence-electron chi connectivity index (χ4n) is 1.51. The van der Waals surface area contributed by atoms with Crippen LogP contribution in [0.2, 0.25) is 0 Å². The Labute approximate surface area is 103 Å². The van der Waals surface area contributed by atoms with E-state index < -0.39 is 0 Å². The van der Waals surface area contributed by atoms with E-state index in [0.717, 1.165) is 12.8 Å². The minimum absolute atomic E-state index is 0.122. The standard InChI is InChI=1S/C12H24N4O/c1-12(2,3)17-9-11(15-13)6-5-10-7-14-16(4)8-10/h7-8,11,15H,5-6,9,13H2,1-4H3. The van der Waals surface area contributed by atoms with Crippen molar-refractivity contribution in [1.29, 1.82) is 0 Å². The van der Waals surface area contributed by atoms with Gasteiger partial charge in [0.2, 0.25) is 0 Å². The summed E-state index contributed by atoms with van der Waals surface area (Å²) >= 11 is 0. The van der Waals surface area contributed by atoms with Crippen LogP contribution in [0.25, 0.3) is 0 Å². The van der Waals surface area contributed by atoms with Crippen LogP contribution in [0, 0.1) is 0 Å². The van der Waals surface area contributed by atoms with Gasteiger partial charge in [0.05, 0.1) is 18.4 Å². The predicted octanol–water partition coefficient (Wildman–Crippen LogP) is 1.000. The number of rotatable bonds is 6. The van der Waals surface area contributed by atoms with Gasteiger partial charge in [0.1, 0.15) is 0 Å². The largest absolute Gasteiger partial charge is 0.374 e. The summed E-state index contributed by atoms with van der Waals surface area (Å²) in [5.74, 6) is 5.52. The Morgan fingerprint density at radius 3 is 2.71 bits per heavy atom. The summed E-state index contributed by atoms with van der Waals surface area (Å²) in [5, 5.41) is 4.14. The molecule has 0 amide bonds. The lowest BCUT2D eigenvalue weighted by Crippen LogP contribution is -2.41. The van der Waals surface area contributed by atoms with E-state index in [1.54, 1.807) is 0 Å². The number of hydrazine groups is 1. The van der Waals surface area contributed by atoms with Gasteiger partial charge in [0.25, 0.3) is 0 Å². The molecule has 1 aromatic rings. The molecule has 98 valence electrons. The molecule has 5 nitrogen and oxygen atoms in total. The molecular formula is C12H24N4O. The molecule has 0 fully saturated rings. The SMILES string of the molecule is Cn1cc(CCC(COC(C)(C)C)NN)cn1. The summed E-state index contributed by atoms with van der Waals surface area (Å²) in [4.78, 5) is 0. The number of aromatic nitrogens is 2. The third-order valence-electron chi connectivity index (χ3n) is 2.49. The van der Waals surface area contributed by atoms with Gasteiger partial charge in [-0.15, -0.1) is 0 Å². The van der Waals surface area contributed by atoms with Crippen molar-refractivity contribution in [2.45, 2.75) is 45.3 Å². The van der Waals surface area contributed by atoms with Crippen LogP contribution in [0.3, 0.4) is 0 Å². The lowest BCUT2D eigenvalue weighted by Gasteiger charge is -2.24. The number of aryl methyl sites for hydroxylation is 2. The molecule has 0 aromatic carbocycles. The van der Waals surface area contributed by atoms with Crippen LogP contribution in [0.4, 0.5) is 0 Å². The fourth-order valence-corrected chi connectivity index (χ4v) is 1.51. The third kappa shape index (κ3) is 5.81. The molecule has 1 atom stereocenters. The first-order valence-corrected chi connectivity index (χ1v) is 5.98. The van der Waals surface area contributed by atoms with E-state index in [9.17, 15) is 0 Å². The molecular weight excluding hydrogens is 216 g/mol. The van der Waals surface area contributed by atoms with Gasteiger partial charge in [-0.2, -0.15) is 5.10 Å². The van der Waals surface area contributed by atoms with E-state index in [4.69, 9.17) is 10.6 Å². The molecule has 0 spiro atoms. The Hall–Kier alpha value is -0.910. The van der Waals surface area contributed by atoms with Crippen LogP contribution in [0.5, 0.6) is 0 Å². The predicted molar refractivity (Wildman–Crippen MR) is 68.3 cm³/mol. The Bertz CT molecular complexity index is 329. The molecule has 0 aliphatic carbocycles. The number of nitrogens with one attached hydrogen (secondary N) is 1. The maximum atomic E-state index is 5.71. The van der Waals surface area contributed by atoms with Gasteiger partial charge in [-0.25, -0.2) is 0 Å². The molecule has 1 unspecified atom stereocenters. The van der Waals surface area contributed by atoms with E-state index in [2.05, 4.69) is 10.5 Å². The summed E-state index contributed by atoms with van der Waals surface area (Å²) in [5.41, 5.74) is 3.90. The number of nitrogens with two attached hydrogens (primary N) is 1. The van der Waals surface area contributed by atoms with Gasteiger partial charge >= 0.3 is 0 Å². The molecule has 5 heteroatoms. The molecule has 0 bridgehead atoms. The van der Waals surface area contributed by atoms with Gasteiger partial charge in [-0.3, -0.25) is 16.0 Å². The maximum absolute atomic E-state index is 5.71. The lowest BCUT2D eigenvalue weighted by atomic mass is 10.1. The second-order valence-electron chi connectivity index (χ2n) is 5.35. The smallest absolute Gasteiger partial charge is 0.0640 e. The van der Waals surface area contributed by atoms with Crippen LogP contribution in [-0.2, 0) is 18.2 Å². The minimum atomic E-state index is -0.122. The summed E-state index contributed by atoms with van der Waals surface area (Å²) < 4.78 is 7.52. The highest BCUT2D eigenvalue weighted by molar-refractivity contribution is 5.03. The van der Waals surface area contributed by atoms with Gasteiger partial charge in [-0.05, 0) is 39.2 Å². The minimum Gasteiger partial charge on any atom is -0.374 e. The van der Waals surface area contributed by atoms with Crippen LogP contribution in [0.15, 0.2) is 12.4 Å². The summed E-state index contributed by atoms with van der Waals surface area (Å²) in [6, 6.07) is 0.175. The Morgan fingerprint density at radius 1 is 1.53 bits per heavy atom. The third-order valence-corrected chi connectivity index (χ3v) is 2.49. The van der Waals surface area contributed by atoms with Crippen molar-refractivity contribution in [3.63, 3.8) is 0 Å². The Balaban J connectivity index is 2.32. The first kappa shape index (κ1) is 14.2. The lowest BCUT2D eigenvalue weighted by molar-refractivity contribution is -0.0153.